The number of benzene rings is 1. The van der Waals surface area contributed by atoms with Crippen LogP contribution in [0.15, 0.2) is 42.5 Å². The smallest absolute Gasteiger partial charge is 0.186 e. The molecule has 1 spiro atoms. The van der Waals surface area contributed by atoms with Crippen LogP contribution in [0, 0.1) is 0 Å². The van der Waals surface area contributed by atoms with E-state index in [0.717, 1.165) is 5.56 Å². The van der Waals surface area contributed by atoms with E-state index in [-0.39, 0.29) is 78.5 Å². The molecule has 1 heterocycles. The van der Waals surface area contributed by atoms with E-state index in [4.69, 9.17) is 4.74 Å². The molecule has 1 amide bonds. The summed E-state index contributed by atoms with van der Waals surface area (Å²) in [6.07, 6.45) is 0.893. The van der Waals surface area contributed by atoms with Crippen LogP contribution in [0.5, 0.6) is 0 Å². The van der Waals surface area contributed by atoms with Crippen LogP contribution in [0.25, 0.3) is 5.32 Å². The number of hydrogen-bond donors (Lipinski definition) is 1. The van der Waals surface area contributed by atoms with Crippen LogP contribution in [0.3, 0.4) is 0 Å². The average molecular weight is 545 g/mol. The second-order valence-electron chi connectivity index (χ2n) is 5.07. The topological polar surface area (TPSA) is 77.7 Å². The van der Waals surface area contributed by atoms with Gasteiger partial charge in [-0.25, -0.2) is 0 Å². The van der Waals surface area contributed by atoms with E-state index in [2.05, 4.69) is 5.32 Å². The fraction of sp³-hybridized carbons (Fsp3) is 0.333. The first-order valence-corrected chi connectivity index (χ1v) is 6.43. The van der Waals surface area contributed by atoms with Crippen molar-refractivity contribution < 1.29 is 73.2 Å². The first-order valence-electron chi connectivity index (χ1n) is 6.43. The predicted molar refractivity (Wildman–Crippen MR) is 70.9 cm³/mol. The zero-order chi connectivity index (χ0) is 14.2. The van der Waals surface area contributed by atoms with Crippen molar-refractivity contribution in [2.24, 2.45) is 0 Å². The number of amides is 1. The summed E-state index contributed by atoms with van der Waals surface area (Å²) < 4.78 is 5.54. The number of carbonyl (C=O) groups excluding carboxylic acids is 2. The molecule has 0 bridgehead atoms. The van der Waals surface area contributed by atoms with E-state index in [1.165, 1.54) is 12.2 Å². The Bertz CT molecular complexity index is 570. The zero-order valence-corrected chi connectivity index (χ0v) is 17.5. The van der Waals surface area contributed by atoms with E-state index in [1.54, 1.807) is 0 Å². The van der Waals surface area contributed by atoms with Crippen molar-refractivity contribution in [1.82, 2.24) is 0 Å². The minimum absolute atomic E-state index is 0. The number of aliphatic hydroxyl groups is 1. The van der Waals surface area contributed by atoms with E-state index < -0.39 is 17.7 Å². The number of ketones is 1. The molecule has 2 aliphatic rings. The normalized spacial score (nSPS) is 29.1. The molecule has 3 atom stereocenters. The summed E-state index contributed by atoms with van der Waals surface area (Å²) in [5.41, 5.74) is -0.0514. The van der Waals surface area contributed by atoms with Crippen LogP contribution in [0.2, 0.25) is 0 Å². The molecule has 1 unspecified atom stereocenters. The fourth-order valence-electron chi connectivity index (χ4n) is 2.50. The molecule has 1 aromatic rings. The van der Waals surface area contributed by atoms with Crippen molar-refractivity contribution in [3.63, 3.8) is 0 Å². The first-order chi connectivity index (χ1) is 9.61. The monoisotopic (exact) mass is 545 g/mol. The van der Waals surface area contributed by atoms with Crippen LogP contribution in [-0.2, 0) is 74.7 Å². The van der Waals surface area contributed by atoms with E-state index in [9.17, 15) is 14.7 Å². The third-order valence-corrected chi connectivity index (χ3v) is 3.66. The number of hydrogen-bond acceptors (Lipinski definition) is 4. The summed E-state index contributed by atoms with van der Waals surface area (Å²) in [5, 5.41) is 14.1. The van der Waals surface area contributed by atoms with E-state index >= 15 is 0 Å². The summed E-state index contributed by atoms with van der Waals surface area (Å²) >= 11 is 0. The Morgan fingerprint density at radius 2 is 1.91 bits per heavy atom. The minimum atomic E-state index is -1.11. The third-order valence-electron chi connectivity index (χ3n) is 3.66. The van der Waals surface area contributed by atoms with Gasteiger partial charge in [0.25, 0.3) is 0 Å². The van der Waals surface area contributed by atoms with E-state index in [1.807, 2.05) is 30.3 Å². The van der Waals surface area contributed by atoms with Crippen LogP contribution in [-0.4, -0.2) is 34.5 Å². The summed E-state index contributed by atoms with van der Waals surface area (Å²) in [5.74, 6) is -0.557. The molecule has 1 N–H and O–H groups in total. The Kier molecular flexibility index (Phi) is 7.29. The van der Waals surface area contributed by atoms with Crippen molar-refractivity contribution in [2.45, 2.75) is 30.8 Å². The van der Waals surface area contributed by atoms with Crippen molar-refractivity contribution in [3.8, 4) is 0 Å². The SMILES string of the molecule is O=C1CC2(C=CC(=O)[C@@H](OCc3ccccc3)[C@H]2O)[N-]1.[W].[Y]. The molecule has 1 aromatic carbocycles. The van der Waals surface area contributed by atoms with Gasteiger partial charge in [0.15, 0.2) is 5.78 Å². The van der Waals surface area contributed by atoms with Gasteiger partial charge in [-0.15, -0.1) is 0 Å². The Hall–Kier alpha value is -0.188. The van der Waals surface area contributed by atoms with Crippen LogP contribution >= 0.6 is 0 Å². The summed E-state index contributed by atoms with van der Waals surface area (Å²) in [7, 11) is 0. The molecule has 1 aliphatic heterocycles. The Labute approximate surface area is 168 Å². The van der Waals surface area contributed by atoms with Gasteiger partial charge in [0.1, 0.15) is 6.10 Å². The molecule has 0 aromatic heterocycles. The van der Waals surface area contributed by atoms with Gasteiger partial charge < -0.3 is 20.0 Å². The van der Waals surface area contributed by atoms with Gasteiger partial charge in [-0.2, -0.15) is 0 Å². The molecule has 1 aliphatic carbocycles. The van der Waals surface area contributed by atoms with Gasteiger partial charge in [0.2, 0.25) is 0 Å². The Morgan fingerprint density at radius 1 is 1.27 bits per heavy atom. The quantitative estimate of drug-likeness (QED) is 0.579. The molecule has 113 valence electrons. The van der Waals surface area contributed by atoms with Gasteiger partial charge in [-0.05, 0) is 23.6 Å². The van der Waals surface area contributed by atoms with Crippen molar-refractivity contribution >= 4 is 11.7 Å². The average Bonchev–Trinajstić information content (AvgIpc) is 2.42. The van der Waals surface area contributed by atoms with Gasteiger partial charge in [-0.3, -0.25) is 4.79 Å². The molecule has 1 radical (unpaired) electrons. The number of aliphatic hydroxyl groups excluding tert-OH is 1. The van der Waals surface area contributed by atoms with Gasteiger partial charge in [-0.1, -0.05) is 36.4 Å². The number of carbonyl (C=O) groups is 2. The second-order valence-corrected chi connectivity index (χ2v) is 5.07. The Morgan fingerprint density at radius 3 is 2.50 bits per heavy atom. The maximum atomic E-state index is 11.8. The van der Waals surface area contributed by atoms with Crippen molar-refractivity contribution in [1.29, 1.82) is 0 Å². The Balaban J connectivity index is 0.00000121. The van der Waals surface area contributed by atoms with E-state index in [0.29, 0.717) is 0 Å². The minimum Gasteiger partial charge on any atom is -0.642 e. The maximum absolute atomic E-state index is 11.8. The van der Waals surface area contributed by atoms with Crippen molar-refractivity contribution in [3.05, 3.63) is 53.4 Å². The first kappa shape index (κ1) is 19.9. The fourth-order valence-corrected chi connectivity index (χ4v) is 2.50. The summed E-state index contributed by atoms with van der Waals surface area (Å²) in [6.45, 7) is 0.228. The van der Waals surface area contributed by atoms with Crippen LogP contribution < -0.4 is 0 Å². The standard InChI is InChI=1S/C15H15NO4.W.Y/c17-11-6-7-15(8-12(18)16-15)14(19)13(11)20-9-10-4-2-1-3-5-10;;/h1-7,13-14,19H,8-9H2,(H,16,18);;/p-1/t13-,14-,15?;;/m1../s1. The number of rotatable bonds is 3. The van der Waals surface area contributed by atoms with Crippen LogP contribution in [0.1, 0.15) is 12.0 Å². The second kappa shape index (κ2) is 8.07. The molecule has 1 saturated heterocycles. The molecule has 7 heteroatoms. The molecule has 1 fully saturated rings. The van der Waals surface area contributed by atoms with Gasteiger partial charge >= 0.3 is 0 Å². The van der Waals surface area contributed by atoms with Crippen molar-refractivity contribution in [2.75, 3.05) is 0 Å². The number of β-lactam (4-membered cyclic amide) rings is 1. The summed E-state index contributed by atoms with van der Waals surface area (Å²) in [4.78, 5) is 22.9. The largest absolute Gasteiger partial charge is 0.642 e. The third kappa shape index (κ3) is 3.83. The van der Waals surface area contributed by atoms with Gasteiger partial charge in [0.05, 0.1) is 18.6 Å². The molecule has 0 saturated carbocycles. The van der Waals surface area contributed by atoms with Gasteiger partial charge in [0, 0.05) is 53.8 Å². The summed E-state index contributed by atoms with van der Waals surface area (Å²) in [6, 6.07) is 9.39. The molecular formula is C15H14NO4WY-. The molecule has 5 nitrogen and oxygen atoms in total. The molecular weight excluding hydrogens is 531 g/mol. The number of ether oxygens (including phenoxy) is 1. The van der Waals surface area contributed by atoms with Crippen LogP contribution in [0.4, 0.5) is 0 Å². The molecule has 22 heavy (non-hydrogen) atoms. The zero-order valence-electron chi connectivity index (χ0n) is 11.7. The number of nitrogens with zero attached hydrogens (tertiary/aromatic N) is 1. The maximum Gasteiger partial charge on any atom is 0.186 e. The predicted octanol–water partition coefficient (Wildman–Crippen LogP) is 1.11. The molecule has 3 rings (SSSR count).